The molecule has 94 valence electrons. The molecule has 1 aromatic heterocycles. The molecule has 0 fully saturated rings. The predicted molar refractivity (Wildman–Crippen MR) is 69.5 cm³/mol. The number of ether oxygens (including phenoxy) is 1. The van der Waals surface area contributed by atoms with Gasteiger partial charge in [-0.2, -0.15) is 0 Å². The van der Waals surface area contributed by atoms with Crippen LogP contribution in [0.5, 0.6) is 5.75 Å². The summed E-state index contributed by atoms with van der Waals surface area (Å²) in [6, 6.07) is 4.89. The molecule has 2 aromatic rings. The molecule has 0 saturated heterocycles. The van der Waals surface area contributed by atoms with Crippen molar-refractivity contribution >= 4 is 11.3 Å². The Balaban J connectivity index is 2.01. The standard InChI is InChI=1S/C13H13FN2OS/c1-17-8-2-3-9(10(14)6-8)13-16-11-4-5-15-7-12(11)18-13/h2-3,6,15H,4-5,7H2,1H3. The van der Waals surface area contributed by atoms with Gasteiger partial charge in [0.1, 0.15) is 16.6 Å². The molecular formula is C13H13FN2OS. The third kappa shape index (κ3) is 2.00. The van der Waals surface area contributed by atoms with E-state index in [4.69, 9.17) is 4.74 Å². The number of thiazole rings is 1. The highest BCUT2D eigenvalue weighted by Gasteiger charge is 2.17. The van der Waals surface area contributed by atoms with Crippen molar-refractivity contribution in [1.82, 2.24) is 10.3 Å². The normalized spacial score (nSPS) is 14.3. The number of benzene rings is 1. The van der Waals surface area contributed by atoms with Gasteiger partial charge in [0.05, 0.1) is 12.8 Å². The summed E-state index contributed by atoms with van der Waals surface area (Å²) in [4.78, 5) is 5.75. The molecule has 1 aliphatic rings. The first kappa shape index (κ1) is 11.6. The maximum atomic E-state index is 14.0. The Labute approximate surface area is 109 Å². The highest BCUT2D eigenvalue weighted by molar-refractivity contribution is 7.15. The SMILES string of the molecule is COc1ccc(-c2nc3c(s2)CNCC3)c(F)c1. The number of hydrogen-bond donors (Lipinski definition) is 1. The molecule has 0 aliphatic carbocycles. The average molecular weight is 264 g/mol. The fourth-order valence-electron chi connectivity index (χ4n) is 2.04. The molecule has 0 radical (unpaired) electrons. The van der Waals surface area contributed by atoms with Crippen LogP contribution in [-0.4, -0.2) is 18.6 Å². The first-order valence-electron chi connectivity index (χ1n) is 5.81. The van der Waals surface area contributed by atoms with E-state index in [-0.39, 0.29) is 5.82 Å². The van der Waals surface area contributed by atoms with E-state index in [1.54, 1.807) is 23.5 Å². The van der Waals surface area contributed by atoms with Crippen molar-refractivity contribution in [3.8, 4) is 16.3 Å². The molecule has 0 unspecified atom stereocenters. The van der Waals surface area contributed by atoms with Crippen LogP contribution in [0.3, 0.4) is 0 Å². The number of rotatable bonds is 2. The quantitative estimate of drug-likeness (QED) is 0.905. The summed E-state index contributed by atoms with van der Waals surface area (Å²) in [7, 11) is 1.53. The molecule has 1 aromatic carbocycles. The summed E-state index contributed by atoms with van der Waals surface area (Å²) in [5.41, 5.74) is 1.65. The molecule has 1 N–H and O–H groups in total. The van der Waals surface area contributed by atoms with Crippen molar-refractivity contribution < 1.29 is 9.13 Å². The van der Waals surface area contributed by atoms with Crippen LogP contribution in [0.2, 0.25) is 0 Å². The smallest absolute Gasteiger partial charge is 0.137 e. The van der Waals surface area contributed by atoms with Crippen molar-refractivity contribution in [1.29, 1.82) is 0 Å². The Morgan fingerprint density at radius 2 is 2.33 bits per heavy atom. The summed E-state index contributed by atoms with van der Waals surface area (Å²) in [5, 5.41) is 4.05. The second-order valence-corrected chi connectivity index (χ2v) is 5.25. The molecule has 1 aliphatic heterocycles. The zero-order valence-electron chi connectivity index (χ0n) is 10.00. The van der Waals surface area contributed by atoms with Gasteiger partial charge < -0.3 is 10.1 Å². The molecule has 0 saturated carbocycles. The second kappa shape index (κ2) is 4.66. The van der Waals surface area contributed by atoms with Gasteiger partial charge >= 0.3 is 0 Å². The van der Waals surface area contributed by atoms with E-state index in [2.05, 4.69) is 10.3 Å². The number of aromatic nitrogens is 1. The lowest BCUT2D eigenvalue weighted by Crippen LogP contribution is -2.22. The van der Waals surface area contributed by atoms with Crippen molar-refractivity contribution in [2.75, 3.05) is 13.7 Å². The van der Waals surface area contributed by atoms with Crippen molar-refractivity contribution in [3.63, 3.8) is 0 Å². The molecule has 2 heterocycles. The minimum absolute atomic E-state index is 0.284. The Morgan fingerprint density at radius 3 is 3.06 bits per heavy atom. The molecule has 0 spiro atoms. The number of nitrogens with zero attached hydrogens (tertiary/aromatic N) is 1. The van der Waals surface area contributed by atoms with Crippen molar-refractivity contribution in [2.45, 2.75) is 13.0 Å². The molecule has 0 bridgehead atoms. The van der Waals surface area contributed by atoms with Gasteiger partial charge in [-0.3, -0.25) is 0 Å². The van der Waals surface area contributed by atoms with Gasteiger partial charge in [-0.05, 0) is 12.1 Å². The van der Waals surface area contributed by atoms with E-state index in [0.717, 1.165) is 30.2 Å². The number of methoxy groups -OCH3 is 1. The van der Waals surface area contributed by atoms with Crippen LogP contribution in [0.1, 0.15) is 10.6 Å². The summed E-state index contributed by atoms with van der Waals surface area (Å²) < 4.78 is 19.0. The van der Waals surface area contributed by atoms with Crippen LogP contribution in [0.25, 0.3) is 10.6 Å². The first-order valence-corrected chi connectivity index (χ1v) is 6.63. The van der Waals surface area contributed by atoms with Gasteiger partial charge in [0.2, 0.25) is 0 Å². The Kier molecular flexibility index (Phi) is 3.01. The van der Waals surface area contributed by atoms with Gasteiger partial charge in [0.25, 0.3) is 0 Å². The van der Waals surface area contributed by atoms with Crippen molar-refractivity contribution in [2.24, 2.45) is 0 Å². The van der Waals surface area contributed by atoms with Crippen LogP contribution >= 0.6 is 11.3 Å². The van der Waals surface area contributed by atoms with E-state index in [0.29, 0.717) is 11.3 Å². The third-order valence-corrected chi connectivity index (χ3v) is 4.14. The van der Waals surface area contributed by atoms with Gasteiger partial charge in [-0.15, -0.1) is 11.3 Å². The Bertz CT molecular complexity index is 559. The lowest BCUT2D eigenvalue weighted by Gasteiger charge is -2.09. The highest BCUT2D eigenvalue weighted by Crippen LogP contribution is 2.32. The predicted octanol–water partition coefficient (Wildman–Crippen LogP) is 2.60. The zero-order valence-corrected chi connectivity index (χ0v) is 10.8. The van der Waals surface area contributed by atoms with Crippen LogP contribution in [0.15, 0.2) is 18.2 Å². The van der Waals surface area contributed by atoms with Gasteiger partial charge in [0, 0.05) is 36.0 Å². The fraction of sp³-hybridized carbons (Fsp3) is 0.308. The van der Waals surface area contributed by atoms with E-state index in [9.17, 15) is 4.39 Å². The first-order chi connectivity index (χ1) is 8.78. The topological polar surface area (TPSA) is 34.1 Å². The van der Waals surface area contributed by atoms with Crippen LogP contribution in [0.4, 0.5) is 4.39 Å². The number of nitrogens with one attached hydrogen (secondary N) is 1. The van der Waals surface area contributed by atoms with E-state index < -0.39 is 0 Å². The van der Waals surface area contributed by atoms with Crippen LogP contribution in [0, 0.1) is 5.82 Å². The zero-order chi connectivity index (χ0) is 12.5. The fourth-order valence-corrected chi connectivity index (χ4v) is 3.14. The Morgan fingerprint density at radius 1 is 1.44 bits per heavy atom. The van der Waals surface area contributed by atoms with E-state index >= 15 is 0 Å². The maximum Gasteiger partial charge on any atom is 0.137 e. The van der Waals surface area contributed by atoms with E-state index in [1.165, 1.54) is 18.1 Å². The van der Waals surface area contributed by atoms with Crippen LogP contribution in [-0.2, 0) is 13.0 Å². The minimum Gasteiger partial charge on any atom is -0.497 e. The van der Waals surface area contributed by atoms with E-state index in [1.807, 2.05) is 0 Å². The average Bonchev–Trinajstić information content (AvgIpc) is 2.81. The lowest BCUT2D eigenvalue weighted by atomic mass is 10.2. The second-order valence-electron chi connectivity index (χ2n) is 4.16. The van der Waals surface area contributed by atoms with Gasteiger partial charge in [-0.1, -0.05) is 0 Å². The molecular weight excluding hydrogens is 251 g/mol. The molecule has 18 heavy (non-hydrogen) atoms. The lowest BCUT2D eigenvalue weighted by molar-refractivity contribution is 0.411. The largest absolute Gasteiger partial charge is 0.497 e. The molecule has 0 atom stereocenters. The molecule has 3 nitrogen and oxygen atoms in total. The molecule has 0 amide bonds. The number of halogens is 1. The minimum atomic E-state index is -0.284. The number of fused-ring (bicyclic) bond motifs is 1. The third-order valence-electron chi connectivity index (χ3n) is 3.01. The Hall–Kier alpha value is -1.46. The van der Waals surface area contributed by atoms with Crippen LogP contribution < -0.4 is 10.1 Å². The maximum absolute atomic E-state index is 14.0. The number of hydrogen-bond acceptors (Lipinski definition) is 4. The van der Waals surface area contributed by atoms with Gasteiger partial charge in [-0.25, -0.2) is 9.37 Å². The summed E-state index contributed by atoms with van der Waals surface area (Å²) in [6.07, 6.45) is 0.920. The highest BCUT2D eigenvalue weighted by atomic mass is 32.1. The van der Waals surface area contributed by atoms with Crippen molar-refractivity contribution in [3.05, 3.63) is 34.6 Å². The molecule has 3 rings (SSSR count). The summed E-state index contributed by atoms with van der Waals surface area (Å²) >= 11 is 1.56. The van der Waals surface area contributed by atoms with Gasteiger partial charge in [0.15, 0.2) is 0 Å². The summed E-state index contributed by atoms with van der Waals surface area (Å²) in [6.45, 7) is 1.78. The monoisotopic (exact) mass is 264 g/mol. The molecule has 5 heteroatoms. The summed E-state index contributed by atoms with van der Waals surface area (Å²) in [5.74, 6) is 0.243.